The van der Waals surface area contributed by atoms with Crippen molar-refractivity contribution < 1.29 is 14.3 Å². The number of nitrogens with one attached hydrogen (secondary N) is 2. The molecule has 0 radical (unpaired) electrons. The van der Waals surface area contributed by atoms with E-state index in [-0.39, 0.29) is 24.3 Å². The van der Waals surface area contributed by atoms with Crippen molar-refractivity contribution >= 4 is 17.6 Å². The number of hydrogen-bond donors (Lipinski definition) is 2. The third kappa shape index (κ3) is 5.58. The van der Waals surface area contributed by atoms with Gasteiger partial charge in [-0.1, -0.05) is 12.1 Å². The van der Waals surface area contributed by atoms with Crippen LogP contribution in [0.2, 0.25) is 0 Å². The van der Waals surface area contributed by atoms with E-state index >= 15 is 0 Å². The summed E-state index contributed by atoms with van der Waals surface area (Å²) in [6.07, 6.45) is 3.69. The van der Waals surface area contributed by atoms with Crippen molar-refractivity contribution in [3.63, 3.8) is 0 Å². The molecule has 2 aromatic rings. The van der Waals surface area contributed by atoms with E-state index in [2.05, 4.69) is 15.6 Å². The highest BCUT2D eigenvalue weighted by atomic mass is 16.5. The smallest absolute Gasteiger partial charge is 0.307 e. The maximum absolute atomic E-state index is 12.5. The SMILES string of the molecule is CCOC(=O)C[C@H](C)NC(=O)c1cccc(NCc2cccnc2)c1C. The lowest BCUT2D eigenvalue weighted by Gasteiger charge is -2.16. The Morgan fingerprint density at radius 3 is 2.73 bits per heavy atom. The Labute approximate surface area is 154 Å². The van der Waals surface area contributed by atoms with E-state index in [1.165, 1.54) is 0 Å². The van der Waals surface area contributed by atoms with Crippen LogP contribution >= 0.6 is 0 Å². The van der Waals surface area contributed by atoms with Crippen molar-refractivity contribution in [2.24, 2.45) is 0 Å². The normalized spacial score (nSPS) is 11.5. The molecule has 1 aromatic carbocycles. The van der Waals surface area contributed by atoms with Crippen molar-refractivity contribution in [2.75, 3.05) is 11.9 Å². The molecule has 1 atom stereocenters. The van der Waals surface area contributed by atoms with Crippen LogP contribution in [0.25, 0.3) is 0 Å². The Hall–Kier alpha value is -2.89. The van der Waals surface area contributed by atoms with Gasteiger partial charge in [0.15, 0.2) is 0 Å². The van der Waals surface area contributed by atoms with Crippen LogP contribution in [0.4, 0.5) is 5.69 Å². The number of esters is 1. The van der Waals surface area contributed by atoms with Crippen LogP contribution in [0.3, 0.4) is 0 Å². The number of aromatic nitrogens is 1. The second-order valence-corrected chi connectivity index (χ2v) is 6.08. The zero-order valence-corrected chi connectivity index (χ0v) is 15.4. The average Bonchev–Trinajstić information content (AvgIpc) is 2.61. The van der Waals surface area contributed by atoms with E-state index in [0.717, 1.165) is 16.8 Å². The highest BCUT2D eigenvalue weighted by Gasteiger charge is 2.16. The average molecular weight is 355 g/mol. The highest BCUT2D eigenvalue weighted by Crippen LogP contribution is 2.20. The Morgan fingerprint density at radius 2 is 2.04 bits per heavy atom. The van der Waals surface area contributed by atoms with Gasteiger partial charge in [0.25, 0.3) is 5.91 Å². The number of rotatable bonds is 8. The Morgan fingerprint density at radius 1 is 1.23 bits per heavy atom. The molecule has 0 unspecified atom stereocenters. The number of carbonyl (C=O) groups excluding carboxylic acids is 2. The minimum atomic E-state index is -0.316. The number of pyridine rings is 1. The maximum Gasteiger partial charge on any atom is 0.307 e. The Balaban J connectivity index is 2.00. The summed E-state index contributed by atoms with van der Waals surface area (Å²) in [5, 5.41) is 6.18. The van der Waals surface area contributed by atoms with Gasteiger partial charge in [-0.15, -0.1) is 0 Å². The molecule has 0 saturated heterocycles. The van der Waals surface area contributed by atoms with Crippen molar-refractivity contribution in [3.05, 3.63) is 59.4 Å². The van der Waals surface area contributed by atoms with Crippen LogP contribution in [0.1, 0.15) is 41.8 Å². The molecule has 0 aliphatic heterocycles. The molecule has 0 aliphatic rings. The lowest BCUT2D eigenvalue weighted by atomic mass is 10.0. The van der Waals surface area contributed by atoms with Gasteiger partial charge in [-0.05, 0) is 50.1 Å². The van der Waals surface area contributed by atoms with E-state index in [9.17, 15) is 9.59 Å². The van der Waals surface area contributed by atoms with Gasteiger partial charge in [0, 0.05) is 36.2 Å². The topological polar surface area (TPSA) is 80.3 Å². The maximum atomic E-state index is 12.5. The summed E-state index contributed by atoms with van der Waals surface area (Å²) in [5.41, 5.74) is 3.39. The predicted octanol–water partition coefficient (Wildman–Crippen LogP) is 3.07. The standard InChI is InChI=1S/C20H25N3O3/c1-4-26-19(24)11-14(2)23-20(25)17-8-5-9-18(15(17)3)22-13-16-7-6-10-21-12-16/h5-10,12,14,22H,4,11,13H2,1-3H3,(H,23,25)/t14-/m0/s1. The monoisotopic (exact) mass is 355 g/mol. The first-order valence-electron chi connectivity index (χ1n) is 8.70. The number of ether oxygens (including phenoxy) is 1. The van der Waals surface area contributed by atoms with Crippen LogP contribution in [-0.4, -0.2) is 29.5 Å². The summed E-state index contributed by atoms with van der Waals surface area (Å²) in [7, 11) is 0. The summed E-state index contributed by atoms with van der Waals surface area (Å²) in [6, 6.07) is 9.13. The molecule has 1 amide bonds. The van der Waals surface area contributed by atoms with E-state index in [4.69, 9.17) is 4.74 Å². The molecular weight excluding hydrogens is 330 g/mol. The lowest BCUT2D eigenvalue weighted by Crippen LogP contribution is -2.35. The first-order chi connectivity index (χ1) is 12.5. The molecule has 0 fully saturated rings. The molecule has 6 nitrogen and oxygen atoms in total. The lowest BCUT2D eigenvalue weighted by molar-refractivity contribution is -0.143. The van der Waals surface area contributed by atoms with E-state index in [1.807, 2.05) is 31.2 Å². The molecule has 6 heteroatoms. The van der Waals surface area contributed by atoms with Gasteiger partial charge in [0.1, 0.15) is 0 Å². The second-order valence-electron chi connectivity index (χ2n) is 6.08. The van der Waals surface area contributed by atoms with E-state index in [1.54, 1.807) is 32.3 Å². The molecule has 1 heterocycles. The molecule has 2 N–H and O–H groups in total. The third-order valence-corrected chi connectivity index (χ3v) is 3.94. The van der Waals surface area contributed by atoms with Crippen LogP contribution in [0.15, 0.2) is 42.7 Å². The van der Waals surface area contributed by atoms with Crippen molar-refractivity contribution in [1.29, 1.82) is 0 Å². The molecular formula is C20H25N3O3. The molecule has 2 rings (SSSR count). The predicted molar refractivity (Wildman–Crippen MR) is 101 cm³/mol. The fraction of sp³-hybridized carbons (Fsp3) is 0.350. The highest BCUT2D eigenvalue weighted by molar-refractivity contribution is 5.97. The Bertz CT molecular complexity index is 747. The molecule has 0 aliphatic carbocycles. The first-order valence-corrected chi connectivity index (χ1v) is 8.70. The molecule has 26 heavy (non-hydrogen) atoms. The molecule has 0 bridgehead atoms. The number of carbonyl (C=O) groups is 2. The van der Waals surface area contributed by atoms with Gasteiger partial charge < -0.3 is 15.4 Å². The molecule has 138 valence electrons. The second kappa shape index (κ2) is 9.56. The summed E-state index contributed by atoms with van der Waals surface area (Å²) >= 11 is 0. The van der Waals surface area contributed by atoms with E-state index < -0.39 is 0 Å². The number of amides is 1. The summed E-state index contributed by atoms with van der Waals surface area (Å²) in [5.74, 6) is -0.520. The van der Waals surface area contributed by atoms with Crippen molar-refractivity contribution in [2.45, 2.75) is 39.8 Å². The van der Waals surface area contributed by atoms with Gasteiger partial charge in [0.05, 0.1) is 13.0 Å². The summed E-state index contributed by atoms with van der Waals surface area (Å²) in [6.45, 7) is 6.40. The molecule has 0 saturated carbocycles. The fourth-order valence-electron chi connectivity index (χ4n) is 2.60. The van der Waals surface area contributed by atoms with E-state index in [0.29, 0.717) is 18.7 Å². The fourth-order valence-corrected chi connectivity index (χ4v) is 2.60. The van der Waals surface area contributed by atoms with Gasteiger partial charge in [-0.2, -0.15) is 0 Å². The van der Waals surface area contributed by atoms with Crippen LogP contribution < -0.4 is 10.6 Å². The van der Waals surface area contributed by atoms with Crippen molar-refractivity contribution in [1.82, 2.24) is 10.3 Å². The molecule has 0 spiro atoms. The van der Waals surface area contributed by atoms with Crippen LogP contribution in [0.5, 0.6) is 0 Å². The third-order valence-electron chi connectivity index (χ3n) is 3.94. The minimum Gasteiger partial charge on any atom is -0.466 e. The number of anilines is 1. The quantitative estimate of drug-likeness (QED) is 0.711. The largest absolute Gasteiger partial charge is 0.466 e. The first kappa shape index (κ1) is 19.4. The summed E-state index contributed by atoms with van der Waals surface area (Å²) in [4.78, 5) is 28.2. The van der Waals surface area contributed by atoms with Crippen LogP contribution in [0, 0.1) is 6.92 Å². The van der Waals surface area contributed by atoms with Gasteiger partial charge in [0.2, 0.25) is 0 Å². The Kier molecular flexibility index (Phi) is 7.14. The van der Waals surface area contributed by atoms with Gasteiger partial charge >= 0.3 is 5.97 Å². The minimum absolute atomic E-state index is 0.150. The van der Waals surface area contributed by atoms with Crippen molar-refractivity contribution in [3.8, 4) is 0 Å². The van der Waals surface area contributed by atoms with Crippen LogP contribution in [-0.2, 0) is 16.1 Å². The van der Waals surface area contributed by atoms with Gasteiger partial charge in [-0.25, -0.2) is 0 Å². The number of hydrogen-bond acceptors (Lipinski definition) is 5. The number of nitrogens with zero attached hydrogens (tertiary/aromatic N) is 1. The summed E-state index contributed by atoms with van der Waals surface area (Å²) < 4.78 is 4.91. The molecule has 1 aromatic heterocycles. The number of benzene rings is 1. The zero-order valence-electron chi connectivity index (χ0n) is 15.4. The zero-order chi connectivity index (χ0) is 18.9. The van der Waals surface area contributed by atoms with Gasteiger partial charge in [-0.3, -0.25) is 14.6 Å².